The van der Waals surface area contributed by atoms with Crippen LogP contribution in [0.2, 0.25) is 0 Å². The normalized spacial score (nSPS) is 11.8. The average Bonchev–Trinajstić information content (AvgIpc) is 3.01. The number of carbonyl (C=O) groups excluding carboxylic acids is 1. The molecule has 0 bridgehead atoms. The van der Waals surface area contributed by atoms with E-state index in [4.69, 9.17) is 0 Å². The second-order valence-corrected chi connectivity index (χ2v) is 9.37. The van der Waals surface area contributed by atoms with Gasteiger partial charge >= 0.3 is 0 Å². The molecule has 28 heavy (non-hydrogen) atoms. The van der Waals surface area contributed by atoms with Gasteiger partial charge in [0, 0.05) is 23.6 Å². The third-order valence-corrected chi connectivity index (χ3v) is 6.35. The molecule has 0 saturated heterocycles. The van der Waals surface area contributed by atoms with E-state index in [1.165, 1.54) is 0 Å². The molecule has 0 radical (unpaired) electrons. The van der Waals surface area contributed by atoms with E-state index in [-0.39, 0.29) is 23.1 Å². The first-order valence-corrected chi connectivity index (χ1v) is 11.1. The molecule has 3 rings (SSSR count). The maximum Gasteiger partial charge on any atom is 0.239 e. The number of rotatable bonds is 8. The van der Waals surface area contributed by atoms with Crippen molar-refractivity contribution in [3.8, 4) is 0 Å². The summed E-state index contributed by atoms with van der Waals surface area (Å²) < 4.78 is 27.8. The van der Waals surface area contributed by atoms with Crippen molar-refractivity contribution < 1.29 is 13.2 Å². The molecule has 2 aromatic carbocycles. The number of amides is 1. The fourth-order valence-corrected chi connectivity index (χ4v) is 4.76. The van der Waals surface area contributed by atoms with Crippen molar-refractivity contribution in [3.05, 3.63) is 66.4 Å². The number of para-hydroxylation sites is 1. The molecular formula is C22H26N2O3S. The molecule has 0 spiro atoms. The molecule has 0 aliphatic heterocycles. The Balaban J connectivity index is 1.87. The smallest absolute Gasteiger partial charge is 0.239 e. The third kappa shape index (κ3) is 4.81. The number of hydrogen-bond acceptors (Lipinski definition) is 3. The van der Waals surface area contributed by atoms with Gasteiger partial charge < -0.3 is 9.88 Å². The van der Waals surface area contributed by atoms with E-state index < -0.39 is 9.84 Å². The summed E-state index contributed by atoms with van der Waals surface area (Å²) in [6, 6.07) is 16.4. The monoisotopic (exact) mass is 398 g/mol. The Hall–Kier alpha value is -2.60. The van der Waals surface area contributed by atoms with Gasteiger partial charge in [-0.05, 0) is 24.0 Å². The number of nitrogens with one attached hydrogen (secondary N) is 1. The van der Waals surface area contributed by atoms with E-state index in [9.17, 15) is 13.2 Å². The first-order chi connectivity index (χ1) is 13.4. The van der Waals surface area contributed by atoms with E-state index in [1.54, 1.807) is 29.0 Å². The van der Waals surface area contributed by atoms with Gasteiger partial charge in [0.25, 0.3) is 0 Å². The largest absolute Gasteiger partial charge is 0.355 e. The molecular weight excluding hydrogens is 372 g/mol. The first kappa shape index (κ1) is 20.1. The van der Waals surface area contributed by atoms with E-state index in [0.29, 0.717) is 17.8 Å². The van der Waals surface area contributed by atoms with Crippen molar-refractivity contribution in [1.29, 1.82) is 0 Å². The fraction of sp³-hybridized carbons (Fsp3) is 0.318. The molecule has 3 aromatic rings. The summed E-state index contributed by atoms with van der Waals surface area (Å²) in [5.74, 6) is 0.332. The van der Waals surface area contributed by atoms with Crippen LogP contribution in [0.25, 0.3) is 10.9 Å². The van der Waals surface area contributed by atoms with E-state index in [0.717, 1.165) is 17.5 Å². The SMILES string of the molecule is CC(C)CCNC(=O)Cn1cc(S(=O)(=O)Cc2ccccc2)c2ccccc21. The number of fused-ring (bicyclic) bond motifs is 1. The zero-order valence-corrected chi connectivity index (χ0v) is 17.1. The summed E-state index contributed by atoms with van der Waals surface area (Å²) in [6.07, 6.45) is 2.50. The lowest BCUT2D eigenvalue weighted by Crippen LogP contribution is -2.28. The lowest BCUT2D eigenvalue weighted by Gasteiger charge is -2.08. The third-order valence-electron chi connectivity index (χ3n) is 4.64. The van der Waals surface area contributed by atoms with Crippen LogP contribution in [-0.4, -0.2) is 25.4 Å². The van der Waals surface area contributed by atoms with Gasteiger partial charge in [-0.1, -0.05) is 62.4 Å². The van der Waals surface area contributed by atoms with Crippen LogP contribution in [-0.2, 0) is 26.9 Å². The minimum Gasteiger partial charge on any atom is -0.355 e. The number of nitrogens with zero attached hydrogens (tertiary/aromatic N) is 1. The Morgan fingerprint density at radius 3 is 2.43 bits per heavy atom. The number of aromatic nitrogens is 1. The Bertz CT molecular complexity index is 1050. The molecule has 0 aliphatic rings. The molecule has 5 nitrogen and oxygen atoms in total. The number of benzene rings is 2. The number of hydrogen-bond donors (Lipinski definition) is 1. The van der Waals surface area contributed by atoms with Gasteiger partial charge in [-0.15, -0.1) is 0 Å². The summed E-state index contributed by atoms with van der Waals surface area (Å²) >= 11 is 0. The Morgan fingerprint density at radius 1 is 1.04 bits per heavy atom. The van der Waals surface area contributed by atoms with Crippen LogP contribution in [0, 0.1) is 5.92 Å². The zero-order valence-electron chi connectivity index (χ0n) is 16.3. The van der Waals surface area contributed by atoms with Crippen LogP contribution in [0.1, 0.15) is 25.8 Å². The first-order valence-electron chi connectivity index (χ1n) is 9.48. The molecule has 0 fully saturated rings. The highest BCUT2D eigenvalue weighted by molar-refractivity contribution is 7.90. The fourth-order valence-electron chi connectivity index (χ4n) is 3.17. The van der Waals surface area contributed by atoms with Gasteiger partial charge in [0.2, 0.25) is 5.91 Å². The minimum atomic E-state index is -3.54. The standard InChI is InChI=1S/C22H26N2O3S/c1-17(2)12-13-23-22(25)15-24-14-21(19-10-6-7-11-20(19)24)28(26,27)16-18-8-4-3-5-9-18/h3-11,14,17H,12-13,15-16H2,1-2H3,(H,23,25). The van der Waals surface area contributed by atoms with Crippen molar-refractivity contribution in [2.45, 2.75) is 37.5 Å². The second-order valence-electron chi connectivity index (χ2n) is 7.42. The minimum absolute atomic E-state index is 0.0670. The number of sulfone groups is 1. The lowest BCUT2D eigenvalue weighted by molar-refractivity contribution is -0.121. The number of carbonyl (C=O) groups is 1. The maximum absolute atomic E-state index is 13.0. The van der Waals surface area contributed by atoms with Gasteiger partial charge in [0.1, 0.15) is 6.54 Å². The van der Waals surface area contributed by atoms with Crippen molar-refractivity contribution in [1.82, 2.24) is 9.88 Å². The highest BCUT2D eigenvalue weighted by Crippen LogP contribution is 2.28. The summed E-state index contributed by atoms with van der Waals surface area (Å²) in [5.41, 5.74) is 1.49. The Labute approximate surface area is 166 Å². The molecule has 1 N–H and O–H groups in total. The van der Waals surface area contributed by atoms with Crippen molar-refractivity contribution in [3.63, 3.8) is 0 Å². The molecule has 0 unspecified atom stereocenters. The quantitative estimate of drug-likeness (QED) is 0.628. The Morgan fingerprint density at radius 2 is 1.71 bits per heavy atom. The Kier molecular flexibility index (Phi) is 6.19. The van der Waals surface area contributed by atoms with Crippen LogP contribution in [0.15, 0.2) is 65.7 Å². The molecule has 1 heterocycles. The van der Waals surface area contributed by atoms with Crippen LogP contribution in [0.4, 0.5) is 0 Å². The van der Waals surface area contributed by atoms with Crippen molar-refractivity contribution in [2.24, 2.45) is 5.92 Å². The van der Waals surface area contributed by atoms with Gasteiger partial charge in [0.15, 0.2) is 9.84 Å². The molecule has 1 amide bonds. The van der Waals surface area contributed by atoms with Crippen LogP contribution >= 0.6 is 0 Å². The summed E-state index contributed by atoms with van der Waals surface area (Å²) in [5, 5.41) is 3.55. The van der Waals surface area contributed by atoms with Crippen LogP contribution in [0.5, 0.6) is 0 Å². The van der Waals surface area contributed by atoms with Gasteiger partial charge in [-0.25, -0.2) is 8.42 Å². The van der Waals surface area contributed by atoms with Gasteiger partial charge in [0.05, 0.1) is 10.6 Å². The molecule has 0 atom stereocenters. The van der Waals surface area contributed by atoms with Gasteiger partial charge in [-0.3, -0.25) is 4.79 Å². The molecule has 148 valence electrons. The van der Waals surface area contributed by atoms with Crippen molar-refractivity contribution >= 4 is 26.6 Å². The van der Waals surface area contributed by atoms with Crippen LogP contribution < -0.4 is 5.32 Å². The second kappa shape index (κ2) is 8.61. The topological polar surface area (TPSA) is 68.2 Å². The van der Waals surface area contributed by atoms with E-state index >= 15 is 0 Å². The lowest BCUT2D eigenvalue weighted by atomic mass is 10.1. The maximum atomic E-state index is 13.0. The van der Waals surface area contributed by atoms with E-state index in [2.05, 4.69) is 19.2 Å². The summed E-state index contributed by atoms with van der Waals surface area (Å²) in [4.78, 5) is 12.6. The molecule has 0 saturated carbocycles. The highest BCUT2D eigenvalue weighted by Gasteiger charge is 2.22. The predicted octanol–water partition coefficient (Wildman–Crippen LogP) is 3.78. The highest BCUT2D eigenvalue weighted by atomic mass is 32.2. The molecule has 1 aromatic heterocycles. The molecule has 6 heteroatoms. The summed E-state index contributed by atoms with van der Waals surface area (Å²) in [7, 11) is -3.54. The predicted molar refractivity (Wildman–Crippen MR) is 112 cm³/mol. The van der Waals surface area contributed by atoms with Gasteiger partial charge in [-0.2, -0.15) is 0 Å². The zero-order chi connectivity index (χ0) is 20.1. The molecule has 0 aliphatic carbocycles. The van der Waals surface area contributed by atoms with Crippen LogP contribution in [0.3, 0.4) is 0 Å². The van der Waals surface area contributed by atoms with E-state index in [1.807, 2.05) is 36.4 Å². The van der Waals surface area contributed by atoms with Crippen molar-refractivity contribution in [2.75, 3.05) is 6.54 Å². The summed E-state index contributed by atoms with van der Waals surface area (Å²) in [6.45, 7) is 4.93. The average molecular weight is 399 g/mol.